The number of H-pyrrole nitrogens is 4. The maximum atomic E-state index is 13.5. The molecule has 127 heavy (non-hydrogen) atoms. The Balaban J connectivity index is 0.000000295. The van der Waals surface area contributed by atoms with Gasteiger partial charge in [-0.15, -0.1) is 46.4 Å². The summed E-state index contributed by atoms with van der Waals surface area (Å²) in [6.45, 7) is 17.6. The number of rotatable bonds is 29. The molecule has 702 valence electrons. The third kappa shape index (κ3) is 35.6. The summed E-state index contributed by atoms with van der Waals surface area (Å²) in [5, 5.41) is 32.3. The van der Waals surface area contributed by atoms with Crippen molar-refractivity contribution in [2.75, 3.05) is 53.2 Å². The second-order valence-corrected chi connectivity index (χ2v) is 33.3. The number of hydrogen-bond donors (Lipinski definition) is 6. The van der Waals surface area contributed by atoms with Crippen molar-refractivity contribution < 1.29 is 113 Å². The van der Waals surface area contributed by atoms with E-state index in [-0.39, 0.29) is 70.1 Å². The minimum Gasteiger partial charge on any atom is -0.595 e. The molecule has 7 N–H and O–H groups in total. The molecule has 5 aromatic rings. The lowest BCUT2D eigenvalue weighted by atomic mass is 10.2. The lowest BCUT2D eigenvalue weighted by molar-refractivity contribution is -0.344. The lowest BCUT2D eigenvalue weighted by Gasteiger charge is -2.29. The summed E-state index contributed by atoms with van der Waals surface area (Å²) in [4.78, 5) is 168. The average Bonchev–Trinajstić information content (AvgIpc) is 1.71. The molecule has 0 amide bonds. The van der Waals surface area contributed by atoms with Crippen LogP contribution in [0.25, 0.3) is 24.3 Å². The van der Waals surface area contributed by atoms with E-state index in [0.717, 1.165) is 0 Å². The number of para-hydroxylation sites is 1. The minimum atomic E-state index is -5.19. The molecule has 0 aliphatic carbocycles. The molecule has 4 aliphatic rings. The number of carbonyl (C=O) groups excluding carboxylic acids is 5. The number of methoxy groups -OCH3 is 1. The van der Waals surface area contributed by atoms with Gasteiger partial charge in [0.2, 0.25) is 0 Å². The number of alkyl halides is 7. The van der Waals surface area contributed by atoms with Crippen LogP contribution >= 0.6 is 54.2 Å². The zero-order chi connectivity index (χ0) is 95.0. The number of nitrogens with two attached hydrogens (primary N) is 1. The number of halogens is 7. The maximum Gasteiger partial charge on any atom is 0.459 e. The Morgan fingerprint density at radius 3 is 1.19 bits per heavy atom. The third-order valence-corrected chi connectivity index (χ3v) is 20.5. The Morgan fingerprint density at radius 2 is 0.874 bits per heavy atom. The van der Waals surface area contributed by atoms with Gasteiger partial charge < -0.3 is 77.7 Å². The van der Waals surface area contributed by atoms with Gasteiger partial charge in [-0.25, -0.2) is 23.7 Å². The van der Waals surface area contributed by atoms with Gasteiger partial charge in [0.25, 0.3) is 22.2 Å². The summed E-state index contributed by atoms with van der Waals surface area (Å²) in [7, 11) is -2.88. The van der Waals surface area contributed by atoms with Gasteiger partial charge in [-0.2, -0.15) is 18.3 Å². The van der Waals surface area contributed by atoms with Gasteiger partial charge in [-0.05, 0) is 53.2 Å². The molecular formula is C78H99Cl4F3N12O29P-3. The molecule has 49 heteroatoms. The van der Waals surface area contributed by atoms with Crippen LogP contribution in [0.5, 0.6) is 5.75 Å². The van der Waals surface area contributed by atoms with Gasteiger partial charge in [0, 0.05) is 74.6 Å². The number of aliphatic imine (C=N–C) groups is 2. The van der Waals surface area contributed by atoms with E-state index in [1.54, 1.807) is 148 Å². The van der Waals surface area contributed by atoms with Crippen molar-refractivity contribution in [3.8, 4) is 5.75 Å². The molecule has 0 spiro atoms. The molecule has 1 aromatic carbocycles. The second kappa shape index (κ2) is 50.3. The Labute approximate surface area is 742 Å². The van der Waals surface area contributed by atoms with Crippen molar-refractivity contribution >= 4 is 120 Å². The van der Waals surface area contributed by atoms with E-state index in [9.17, 15) is 85.5 Å². The Morgan fingerprint density at radius 1 is 0.551 bits per heavy atom. The van der Waals surface area contributed by atoms with Crippen molar-refractivity contribution in [3.63, 3.8) is 0 Å². The number of allylic oxidation sites excluding steroid dienone is 4. The maximum absolute atomic E-state index is 13.5. The molecule has 41 nitrogen and oxygen atoms in total. The van der Waals surface area contributed by atoms with E-state index in [0.29, 0.717) is 36.0 Å². The molecule has 14 atom stereocenters. The fourth-order valence-electron chi connectivity index (χ4n) is 11.3. The molecule has 14 unspecified atom stereocenters. The molecular weight excluding hydrogens is 1800 g/mol. The number of aromatic amines is 4. The predicted octanol–water partition coefficient (Wildman–Crippen LogP) is 3.94. The average molecular weight is 1900 g/mol. The van der Waals surface area contributed by atoms with Crippen molar-refractivity contribution in [1.29, 1.82) is 0 Å². The van der Waals surface area contributed by atoms with E-state index in [2.05, 4.69) is 39.7 Å². The fraction of sp³-hybridized carbons (Fsp3) is 0.526. The van der Waals surface area contributed by atoms with Crippen LogP contribution in [0, 0.1) is 0 Å². The number of hydrogen-bond acceptors (Lipinski definition) is 32. The Hall–Kier alpha value is -10.5. The number of benzene rings is 1. The van der Waals surface area contributed by atoms with Crippen LogP contribution in [0.3, 0.4) is 0 Å². The Kier molecular flexibility index (Phi) is 42.4. The van der Waals surface area contributed by atoms with Gasteiger partial charge in [0.05, 0.1) is 64.0 Å². The topological polar surface area (TPSA) is 565 Å². The first-order chi connectivity index (χ1) is 59.5. The monoisotopic (exact) mass is 1900 g/mol. The molecule has 0 bridgehead atoms. The zero-order valence-electron chi connectivity index (χ0n) is 70.7. The molecule has 9 rings (SSSR count). The van der Waals surface area contributed by atoms with Crippen LogP contribution in [0.1, 0.15) is 162 Å². The van der Waals surface area contributed by atoms with E-state index in [4.69, 9.17) is 114 Å². The van der Waals surface area contributed by atoms with Gasteiger partial charge in [0.15, 0.2) is 0 Å². The van der Waals surface area contributed by atoms with E-state index in [1.165, 1.54) is 57.1 Å². The minimum absolute atomic E-state index is 0.0411. The second-order valence-electron chi connectivity index (χ2n) is 29.4. The SMILES string of the molecule is C/C=C/c1cn(C2CC(Cl)C(COC(=O)CCCN=C([O-])OC(C)(C)C)O2)c(=O)[nH]c1=O.C/C=C/c1cn(C2CC(Cl)C(COC(=O)CN)O2)c(=O)[nH]c1=O.C/C=C/c1cn(C2CC(Cl)C(COC(=O)CN=C([O-])OC(C)(C)C)O2)c(=O)[nH]c1=O.C/C=C/c1cn(C2CC(Cl)C(COP(=O)(NC(C)C(=O)OC)Oc3ccccc3)O2)c(=O)[nH]c1=O.O=C([O-])C(F)(F)F. The highest BCUT2D eigenvalue weighted by Crippen LogP contribution is 2.46. The number of aromatic nitrogens is 8. The highest BCUT2D eigenvalue weighted by Gasteiger charge is 2.42. The number of carboxylic acid groups (broad SMARTS) is 1. The number of ether oxygens (including phenoxy) is 10. The molecule has 4 saturated heterocycles. The largest absolute Gasteiger partial charge is 0.595 e. The predicted molar refractivity (Wildman–Crippen MR) is 451 cm³/mol. The summed E-state index contributed by atoms with van der Waals surface area (Å²) < 4.78 is 114. The van der Waals surface area contributed by atoms with Gasteiger partial charge in [-0.3, -0.25) is 91.1 Å². The van der Waals surface area contributed by atoms with Crippen molar-refractivity contribution in [1.82, 2.24) is 43.3 Å². The number of nitrogens with one attached hydrogen (secondary N) is 5. The van der Waals surface area contributed by atoms with Gasteiger partial charge >= 0.3 is 60.6 Å². The van der Waals surface area contributed by atoms with E-state index < -0.39 is 196 Å². The molecule has 4 fully saturated rings. The molecule has 4 aliphatic heterocycles. The third-order valence-electron chi connectivity index (χ3n) is 17.1. The normalized spacial score (nSPS) is 22.0. The number of esters is 4. The standard InChI is InChI=1S/C22H27ClN3O8P.C21H30ClN3O7.C19H26ClN3O7.C14H18ClN3O5.C2HF3O2/c1-4-8-15-12-26(22(29)24-20(15)27)19-11-17(23)18(33-19)13-32-35(30,25-14(2)21(28)31-3)34-16-9-6-5-7-10-16;1-5-7-13-11-25(19(28)24-18(13)27)16-10-14(22)15(31-16)12-30-17(26)8-6-9-23-20(29)32-21(2,3)4;1-5-6-11-9-23(17(26)22-16(11)25)14-7-12(20)13(29-14)10-28-15(24)8-21-18(27)30-19(2,3)4;1-2-3-8-6-18(14(21)17-13(8)20)11-4-9(15)10(23-11)7-22-12(19)5-16;3-2(4,5)1(6)7/h4-10,12,14,17-19H,11,13H2,1-3H3,(H,25,30)(H,24,27,29);5,7,11,14-16H,6,8-10,12H2,1-4H3,(H,23,29)(H,24,27,28);5-6,9,12-14H,7-8,10H2,1-4H3,(H,21,27)(H,22,25,26);2-3,6,9-11H,4-5,7,16H2,1H3,(H,17,20,21);(H,6,7)/p-3/b8-4+;7-5+;6-5+;3-2+;. The zero-order valence-corrected chi connectivity index (χ0v) is 74.6. The first kappa shape index (κ1) is 107. The molecule has 0 saturated carbocycles. The number of nitrogens with zero attached hydrogens (tertiary/aromatic N) is 6. The Bertz CT molecular complexity index is 5290. The van der Waals surface area contributed by atoms with Crippen LogP contribution in [-0.4, -0.2) is 203 Å². The summed E-state index contributed by atoms with van der Waals surface area (Å²) >= 11 is 25.2. The highest BCUT2D eigenvalue weighted by molar-refractivity contribution is 7.52. The number of aliphatic carboxylic acids is 1. The van der Waals surface area contributed by atoms with Gasteiger partial charge in [-0.1, -0.05) is 108 Å². The summed E-state index contributed by atoms with van der Waals surface area (Å²) in [5.41, 5.74) is 0.585. The first-order valence-electron chi connectivity index (χ1n) is 38.8. The van der Waals surface area contributed by atoms with Gasteiger partial charge in [0.1, 0.15) is 106 Å². The van der Waals surface area contributed by atoms with Crippen molar-refractivity contribution in [3.05, 3.63) is 185 Å². The fourth-order valence-corrected chi connectivity index (χ4v) is 13.9. The first-order valence-corrected chi connectivity index (χ1v) is 42.1. The quantitative estimate of drug-likeness (QED) is 0.00751. The summed E-state index contributed by atoms with van der Waals surface area (Å²) in [6.07, 6.45) is 7.99. The van der Waals surface area contributed by atoms with Crippen molar-refractivity contribution in [2.24, 2.45) is 15.7 Å². The van der Waals surface area contributed by atoms with Crippen LogP contribution < -0.4 is 75.7 Å². The molecule has 0 radical (unpaired) electrons. The van der Waals surface area contributed by atoms with E-state index >= 15 is 0 Å². The van der Waals surface area contributed by atoms with Crippen LogP contribution in [0.2, 0.25) is 0 Å². The smallest absolute Gasteiger partial charge is 0.459 e. The molecule has 8 heterocycles. The summed E-state index contributed by atoms with van der Waals surface area (Å²) in [6, 6.07) is 7.30. The van der Waals surface area contributed by atoms with Crippen molar-refractivity contribution in [2.45, 2.75) is 209 Å². The summed E-state index contributed by atoms with van der Waals surface area (Å²) in [5.74, 6) is -5.19. The number of carboxylic acids is 1. The van der Waals surface area contributed by atoms with Crippen LogP contribution in [0.15, 0.2) is 128 Å². The van der Waals surface area contributed by atoms with E-state index in [1.807, 2.05) is 0 Å². The van der Waals surface area contributed by atoms with Crippen LogP contribution in [-0.2, 0) is 80.4 Å². The molecule has 4 aromatic heterocycles. The highest BCUT2D eigenvalue weighted by atomic mass is 35.5. The lowest BCUT2D eigenvalue weighted by Crippen LogP contribution is -2.37. The van der Waals surface area contributed by atoms with Crippen LogP contribution in [0.4, 0.5) is 13.2 Å². The number of carbonyl (C=O) groups is 5.